The molecule has 0 aliphatic heterocycles. The third-order valence-electron chi connectivity index (χ3n) is 3.17. The van der Waals surface area contributed by atoms with Gasteiger partial charge in [-0.1, -0.05) is 61.2 Å². The Bertz CT molecular complexity index is 498. The van der Waals surface area contributed by atoms with Crippen molar-refractivity contribution in [3.63, 3.8) is 0 Å². The zero-order valence-corrected chi connectivity index (χ0v) is 12.8. The van der Waals surface area contributed by atoms with Crippen molar-refractivity contribution in [3.8, 4) is 0 Å². The van der Waals surface area contributed by atoms with Crippen LogP contribution in [0.15, 0.2) is 66.8 Å². The summed E-state index contributed by atoms with van der Waals surface area (Å²) in [6, 6.07) is 9.96. The Kier molecular flexibility index (Phi) is 7.88. The second kappa shape index (κ2) is 9.76. The van der Waals surface area contributed by atoms with Crippen molar-refractivity contribution in [3.05, 3.63) is 72.4 Å². The number of ether oxygens (including phenoxy) is 1. The Labute approximate surface area is 127 Å². The standard InChI is InChI=1S/C19H24O2/c1-4-16(2)9-8-10-17(3)15-21-19(20)14-13-18-11-6-5-7-12-18/h4-7,10-12H,1-2,8-9,13-15H2,3H3/b17-10-. The highest BCUT2D eigenvalue weighted by Crippen LogP contribution is 2.07. The number of esters is 1. The maximum Gasteiger partial charge on any atom is 0.306 e. The minimum Gasteiger partial charge on any atom is -0.461 e. The van der Waals surface area contributed by atoms with Crippen LogP contribution in [-0.4, -0.2) is 12.6 Å². The van der Waals surface area contributed by atoms with Crippen LogP contribution in [0.5, 0.6) is 0 Å². The van der Waals surface area contributed by atoms with E-state index in [0.29, 0.717) is 13.0 Å². The zero-order chi connectivity index (χ0) is 15.5. The van der Waals surface area contributed by atoms with Gasteiger partial charge in [0.1, 0.15) is 6.61 Å². The number of rotatable bonds is 9. The van der Waals surface area contributed by atoms with E-state index in [1.165, 1.54) is 0 Å². The van der Waals surface area contributed by atoms with Crippen LogP contribution < -0.4 is 0 Å². The van der Waals surface area contributed by atoms with Gasteiger partial charge in [-0.15, -0.1) is 0 Å². The van der Waals surface area contributed by atoms with Crippen LogP contribution in [-0.2, 0) is 16.0 Å². The molecule has 0 heterocycles. The third kappa shape index (κ3) is 7.93. The Balaban J connectivity index is 2.21. The van der Waals surface area contributed by atoms with Gasteiger partial charge >= 0.3 is 5.97 Å². The highest BCUT2D eigenvalue weighted by Gasteiger charge is 2.03. The van der Waals surface area contributed by atoms with Crippen molar-refractivity contribution < 1.29 is 9.53 Å². The van der Waals surface area contributed by atoms with Crippen molar-refractivity contribution in [1.82, 2.24) is 0 Å². The van der Waals surface area contributed by atoms with E-state index in [-0.39, 0.29) is 5.97 Å². The van der Waals surface area contributed by atoms with Crippen molar-refractivity contribution in [2.75, 3.05) is 6.61 Å². The van der Waals surface area contributed by atoms with E-state index in [1.54, 1.807) is 6.08 Å². The first-order valence-corrected chi connectivity index (χ1v) is 7.27. The molecule has 0 aliphatic rings. The van der Waals surface area contributed by atoms with Gasteiger partial charge in [-0.3, -0.25) is 4.79 Å². The van der Waals surface area contributed by atoms with Gasteiger partial charge in [0.15, 0.2) is 0 Å². The molecule has 0 N–H and O–H groups in total. The molecule has 1 rings (SSSR count). The fourth-order valence-corrected chi connectivity index (χ4v) is 1.82. The molecule has 112 valence electrons. The van der Waals surface area contributed by atoms with Crippen molar-refractivity contribution in [2.45, 2.75) is 32.6 Å². The van der Waals surface area contributed by atoms with E-state index in [0.717, 1.165) is 36.0 Å². The molecule has 0 atom stereocenters. The summed E-state index contributed by atoms with van der Waals surface area (Å²) in [6.07, 6.45) is 6.79. The summed E-state index contributed by atoms with van der Waals surface area (Å²) in [5, 5.41) is 0. The van der Waals surface area contributed by atoms with E-state index in [1.807, 2.05) is 37.3 Å². The maximum absolute atomic E-state index is 11.7. The number of benzene rings is 1. The van der Waals surface area contributed by atoms with Crippen LogP contribution in [0.4, 0.5) is 0 Å². The van der Waals surface area contributed by atoms with E-state index in [4.69, 9.17) is 4.74 Å². The van der Waals surface area contributed by atoms with Gasteiger partial charge in [0.2, 0.25) is 0 Å². The van der Waals surface area contributed by atoms with Crippen LogP contribution >= 0.6 is 0 Å². The van der Waals surface area contributed by atoms with Crippen LogP contribution in [0.1, 0.15) is 31.7 Å². The molecule has 2 nitrogen and oxygen atoms in total. The number of carbonyl (C=O) groups excluding carboxylic acids is 1. The molecule has 0 saturated heterocycles. The van der Waals surface area contributed by atoms with Crippen LogP contribution in [0.3, 0.4) is 0 Å². The summed E-state index contributed by atoms with van der Waals surface area (Å²) in [5.41, 5.74) is 3.25. The highest BCUT2D eigenvalue weighted by molar-refractivity contribution is 5.69. The Morgan fingerprint density at radius 3 is 2.62 bits per heavy atom. The molecular formula is C19H24O2. The molecule has 0 fully saturated rings. The summed E-state index contributed by atoms with van der Waals surface area (Å²) < 4.78 is 5.26. The number of hydrogen-bond donors (Lipinski definition) is 0. The fraction of sp³-hybridized carbons (Fsp3) is 0.316. The number of aryl methyl sites for hydroxylation is 1. The predicted molar refractivity (Wildman–Crippen MR) is 88.1 cm³/mol. The molecule has 1 aromatic rings. The molecule has 0 aliphatic carbocycles. The van der Waals surface area contributed by atoms with Crippen molar-refractivity contribution >= 4 is 5.97 Å². The fourth-order valence-electron chi connectivity index (χ4n) is 1.82. The molecule has 0 saturated carbocycles. The van der Waals surface area contributed by atoms with Gasteiger partial charge < -0.3 is 4.74 Å². The molecule has 1 aromatic carbocycles. The number of carbonyl (C=O) groups is 1. The van der Waals surface area contributed by atoms with Gasteiger partial charge in [-0.25, -0.2) is 0 Å². The van der Waals surface area contributed by atoms with E-state index in [9.17, 15) is 4.79 Å². The van der Waals surface area contributed by atoms with Gasteiger partial charge in [0.25, 0.3) is 0 Å². The summed E-state index contributed by atoms with van der Waals surface area (Å²) in [5.74, 6) is -0.151. The highest BCUT2D eigenvalue weighted by atomic mass is 16.5. The second-order valence-electron chi connectivity index (χ2n) is 5.10. The molecule has 21 heavy (non-hydrogen) atoms. The molecule has 0 unspecified atom stereocenters. The molecule has 0 aromatic heterocycles. The average molecular weight is 284 g/mol. The quantitative estimate of drug-likeness (QED) is 0.375. The number of hydrogen-bond acceptors (Lipinski definition) is 2. The van der Waals surface area contributed by atoms with Gasteiger partial charge in [-0.2, -0.15) is 0 Å². The van der Waals surface area contributed by atoms with Gasteiger partial charge in [0, 0.05) is 6.42 Å². The maximum atomic E-state index is 11.7. The van der Waals surface area contributed by atoms with Crippen molar-refractivity contribution in [2.24, 2.45) is 0 Å². The molecule has 0 amide bonds. The first-order chi connectivity index (χ1) is 10.1. The van der Waals surface area contributed by atoms with E-state index < -0.39 is 0 Å². The van der Waals surface area contributed by atoms with E-state index >= 15 is 0 Å². The molecule has 0 bridgehead atoms. The topological polar surface area (TPSA) is 26.3 Å². The lowest BCUT2D eigenvalue weighted by Crippen LogP contribution is -2.07. The van der Waals surface area contributed by atoms with Crippen LogP contribution in [0.25, 0.3) is 0 Å². The smallest absolute Gasteiger partial charge is 0.306 e. The summed E-state index contributed by atoms with van der Waals surface area (Å²) >= 11 is 0. The number of allylic oxidation sites excluding steroid dienone is 3. The minimum absolute atomic E-state index is 0.151. The Morgan fingerprint density at radius 1 is 1.24 bits per heavy atom. The summed E-state index contributed by atoms with van der Waals surface area (Å²) in [6.45, 7) is 9.88. The third-order valence-corrected chi connectivity index (χ3v) is 3.17. The van der Waals surface area contributed by atoms with Crippen LogP contribution in [0.2, 0.25) is 0 Å². The lowest BCUT2D eigenvalue weighted by Gasteiger charge is -2.05. The Morgan fingerprint density at radius 2 is 1.95 bits per heavy atom. The first-order valence-electron chi connectivity index (χ1n) is 7.27. The molecule has 0 radical (unpaired) electrons. The van der Waals surface area contributed by atoms with E-state index in [2.05, 4.69) is 19.2 Å². The first kappa shape index (κ1) is 17.0. The second-order valence-corrected chi connectivity index (χ2v) is 5.10. The zero-order valence-electron chi connectivity index (χ0n) is 12.8. The van der Waals surface area contributed by atoms with Crippen molar-refractivity contribution in [1.29, 1.82) is 0 Å². The monoisotopic (exact) mass is 284 g/mol. The normalized spacial score (nSPS) is 11.0. The summed E-state index contributed by atoms with van der Waals surface area (Å²) in [4.78, 5) is 11.7. The van der Waals surface area contributed by atoms with Gasteiger partial charge in [-0.05, 0) is 37.3 Å². The lowest BCUT2D eigenvalue weighted by atomic mass is 10.1. The molecule has 0 spiro atoms. The summed E-state index contributed by atoms with van der Waals surface area (Å²) in [7, 11) is 0. The Hall–Kier alpha value is -2.09. The average Bonchev–Trinajstić information content (AvgIpc) is 2.51. The SMILES string of the molecule is C=CC(=C)CC/C=C(/C)COC(=O)CCc1ccccc1. The largest absolute Gasteiger partial charge is 0.461 e. The lowest BCUT2D eigenvalue weighted by molar-refractivity contribution is -0.142. The van der Waals surface area contributed by atoms with Gasteiger partial charge in [0.05, 0.1) is 0 Å². The predicted octanol–water partition coefficient (Wildman–Crippen LogP) is 4.63. The minimum atomic E-state index is -0.151. The molecule has 2 heteroatoms. The van der Waals surface area contributed by atoms with Crippen LogP contribution in [0, 0.1) is 0 Å². The molecular weight excluding hydrogens is 260 g/mol.